The first-order valence-corrected chi connectivity index (χ1v) is 8.04. The summed E-state index contributed by atoms with van der Waals surface area (Å²) < 4.78 is 2.25. The Balaban J connectivity index is 2.11. The number of benzene rings is 1. The topological polar surface area (TPSA) is 0 Å². The molecular formula is C13H11Br2ClS. The smallest absolute Gasteiger partial charge is 0.0719 e. The maximum Gasteiger partial charge on any atom is 0.0719 e. The van der Waals surface area contributed by atoms with Gasteiger partial charge in [0.15, 0.2) is 0 Å². The molecule has 1 atom stereocenters. The van der Waals surface area contributed by atoms with E-state index in [0.29, 0.717) is 0 Å². The zero-order valence-electron chi connectivity index (χ0n) is 9.21. The van der Waals surface area contributed by atoms with Crippen molar-refractivity contribution in [2.75, 3.05) is 0 Å². The summed E-state index contributed by atoms with van der Waals surface area (Å²) in [5.41, 5.74) is 1.26. The van der Waals surface area contributed by atoms with E-state index in [-0.39, 0.29) is 5.38 Å². The molecule has 17 heavy (non-hydrogen) atoms. The van der Waals surface area contributed by atoms with Crippen LogP contribution in [0.2, 0.25) is 0 Å². The second kappa shape index (κ2) is 5.87. The van der Waals surface area contributed by atoms with Crippen molar-refractivity contribution < 1.29 is 0 Å². The summed E-state index contributed by atoms with van der Waals surface area (Å²) in [7, 11) is 0. The summed E-state index contributed by atoms with van der Waals surface area (Å²) in [6.07, 6.45) is 0.862. The SMILES string of the molecule is Cc1sc(C(Cl)Cc2ccc(Br)cc2)cc1Br. The lowest BCUT2D eigenvalue weighted by atomic mass is 10.1. The van der Waals surface area contributed by atoms with Crippen LogP contribution < -0.4 is 0 Å². The van der Waals surface area contributed by atoms with Crippen molar-refractivity contribution in [2.24, 2.45) is 0 Å². The van der Waals surface area contributed by atoms with E-state index in [4.69, 9.17) is 11.6 Å². The number of aryl methyl sites for hydroxylation is 1. The van der Waals surface area contributed by atoms with E-state index in [1.807, 2.05) is 0 Å². The van der Waals surface area contributed by atoms with Gasteiger partial charge in [-0.05, 0) is 53.0 Å². The third kappa shape index (κ3) is 3.57. The van der Waals surface area contributed by atoms with E-state index in [1.54, 1.807) is 11.3 Å². The van der Waals surface area contributed by atoms with Crippen molar-refractivity contribution in [1.82, 2.24) is 0 Å². The van der Waals surface area contributed by atoms with Gasteiger partial charge >= 0.3 is 0 Å². The van der Waals surface area contributed by atoms with Crippen molar-refractivity contribution in [3.63, 3.8) is 0 Å². The summed E-state index contributed by atoms with van der Waals surface area (Å²) in [5, 5.41) is 0.0474. The molecule has 0 radical (unpaired) electrons. The van der Waals surface area contributed by atoms with Crippen LogP contribution in [0.1, 0.15) is 20.7 Å². The fraction of sp³-hybridized carbons (Fsp3) is 0.231. The van der Waals surface area contributed by atoms with Crippen LogP contribution in [0.3, 0.4) is 0 Å². The molecule has 0 aliphatic rings. The summed E-state index contributed by atoms with van der Waals surface area (Å²) in [6, 6.07) is 10.4. The van der Waals surface area contributed by atoms with Crippen molar-refractivity contribution in [3.8, 4) is 0 Å². The van der Waals surface area contributed by atoms with Crippen LogP contribution >= 0.6 is 54.8 Å². The molecule has 0 aliphatic heterocycles. The standard InChI is InChI=1S/C13H11Br2ClS/c1-8-11(15)7-13(17-8)12(16)6-9-2-4-10(14)5-3-9/h2-5,7,12H,6H2,1H3. The van der Waals surface area contributed by atoms with E-state index in [1.165, 1.54) is 15.3 Å². The van der Waals surface area contributed by atoms with E-state index < -0.39 is 0 Å². The van der Waals surface area contributed by atoms with Gasteiger partial charge < -0.3 is 0 Å². The molecule has 0 saturated heterocycles. The monoisotopic (exact) mass is 392 g/mol. The van der Waals surface area contributed by atoms with E-state index in [0.717, 1.165) is 15.4 Å². The lowest BCUT2D eigenvalue weighted by Crippen LogP contribution is -1.92. The normalized spacial score (nSPS) is 12.7. The third-order valence-electron chi connectivity index (χ3n) is 2.51. The molecule has 1 aromatic carbocycles. The first-order chi connectivity index (χ1) is 8.06. The molecule has 2 aromatic rings. The Labute approximate surface area is 127 Å². The number of alkyl halides is 1. The molecule has 0 aliphatic carbocycles. The molecule has 0 amide bonds. The highest BCUT2D eigenvalue weighted by Crippen LogP contribution is 2.35. The summed E-state index contributed by atoms with van der Waals surface area (Å²) in [6.45, 7) is 2.10. The first kappa shape index (κ1) is 13.6. The average molecular weight is 395 g/mol. The fourth-order valence-electron chi connectivity index (χ4n) is 1.56. The van der Waals surface area contributed by atoms with Gasteiger partial charge in [-0.1, -0.05) is 28.1 Å². The van der Waals surface area contributed by atoms with Crippen molar-refractivity contribution in [2.45, 2.75) is 18.7 Å². The molecular weight excluding hydrogens is 383 g/mol. The number of hydrogen-bond donors (Lipinski definition) is 0. The highest BCUT2D eigenvalue weighted by atomic mass is 79.9. The molecule has 1 aromatic heterocycles. The number of rotatable bonds is 3. The van der Waals surface area contributed by atoms with Gasteiger partial charge in [0, 0.05) is 18.7 Å². The van der Waals surface area contributed by atoms with Gasteiger partial charge in [0.25, 0.3) is 0 Å². The fourth-order valence-corrected chi connectivity index (χ4v) is 3.74. The Hall–Kier alpha value is 0.170. The van der Waals surface area contributed by atoms with Gasteiger partial charge in [-0.15, -0.1) is 22.9 Å². The minimum atomic E-state index is 0.0474. The highest BCUT2D eigenvalue weighted by Gasteiger charge is 2.13. The summed E-state index contributed by atoms with van der Waals surface area (Å²) in [5.74, 6) is 0. The predicted molar refractivity (Wildman–Crippen MR) is 83.2 cm³/mol. The van der Waals surface area contributed by atoms with Gasteiger partial charge in [0.05, 0.1) is 5.38 Å². The zero-order valence-corrected chi connectivity index (χ0v) is 14.0. The maximum absolute atomic E-state index is 6.44. The minimum absolute atomic E-state index is 0.0474. The minimum Gasteiger partial charge on any atom is -0.143 e. The van der Waals surface area contributed by atoms with Crippen molar-refractivity contribution >= 4 is 54.8 Å². The van der Waals surface area contributed by atoms with E-state index >= 15 is 0 Å². The van der Waals surface area contributed by atoms with Crippen LogP contribution in [0.25, 0.3) is 0 Å². The van der Waals surface area contributed by atoms with Gasteiger partial charge in [0.2, 0.25) is 0 Å². The molecule has 0 fully saturated rings. The van der Waals surface area contributed by atoms with Gasteiger partial charge in [-0.2, -0.15) is 0 Å². The Kier molecular flexibility index (Phi) is 4.70. The molecule has 2 rings (SSSR count). The van der Waals surface area contributed by atoms with E-state index in [9.17, 15) is 0 Å². The van der Waals surface area contributed by atoms with Gasteiger partial charge in [0.1, 0.15) is 0 Å². The molecule has 1 heterocycles. The second-order valence-electron chi connectivity index (χ2n) is 3.85. The zero-order chi connectivity index (χ0) is 12.4. The summed E-state index contributed by atoms with van der Waals surface area (Å²) >= 11 is 15.2. The van der Waals surface area contributed by atoms with Gasteiger partial charge in [-0.3, -0.25) is 0 Å². The number of hydrogen-bond acceptors (Lipinski definition) is 1. The van der Waals surface area contributed by atoms with Crippen LogP contribution in [0.15, 0.2) is 39.3 Å². The van der Waals surface area contributed by atoms with Crippen LogP contribution in [-0.4, -0.2) is 0 Å². The largest absolute Gasteiger partial charge is 0.143 e. The average Bonchev–Trinajstić information content (AvgIpc) is 2.63. The van der Waals surface area contributed by atoms with Gasteiger partial charge in [-0.25, -0.2) is 0 Å². The third-order valence-corrected chi connectivity index (χ3v) is 5.81. The Morgan fingerprint density at radius 1 is 1.24 bits per heavy atom. The van der Waals surface area contributed by atoms with Crippen LogP contribution in [-0.2, 0) is 6.42 Å². The molecule has 0 saturated carbocycles. The quantitative estimate of drug-likeness (QED) is 0.552. The highest BCUT2D eigenvalue weighted by molar-refractivity contribution is 9.10. The number of halogens is 3. The second-order valence-corrected chi connectivity index (χ2v) is 7.44. The van der Waals surface area contributed by atoms with Crippen LogP contribution in [0.4, 0.5) is 0 Å². The molecule has 4 heteroatoms. The Morgan fingerprint density at radius 2 is 1.88 bits per heavy atom. The molecule has 0 bridgehead atoms. The summed E-state index contributed by atoms with van der Waals surface area (Å²) in [4.78, 5) is 2.50. The predicted octanol–water partition coefficient (Wildman–Crippen LogP) is 6.10. The molecule has 0 spiro atoms. The molecule has 1 unspecified atom stereocenters. The van der Waals surface area contributed by atoms with Crippen molar-refractivity contribution in [3.05, 3.63) is 54.6 Å². The number of thiophene rings is 1. The lowest BCUT2D eigenvalue weighted by molar-refractivity contribution is 0.939. The molecule has 0 nitrogen and oxygen atoms in total. The maximum atomic E-state index is 6.44. The van der Waals surface area contributed by atoms with Crippen LogP contribution in [0.5, 0.6) is 0 Å². The van der Waals surface area contributed by atoms with Crippen molar-refractivity contribution in [1.29, 1.82) is 0 Å². The first-order valence-electron chi connectivity index (χ1n) is 5.20. The Morgan fingerprint density at radius 3 is 2.41 bits per heavy atom. The van der Waals surface area contributed by atoms with E-state index in [2.05, 4.69) is 69.1 Å². The lowest BCUT2D eigenvalue weighted by Gasteiger charge is -2.07. The molecule has 0 N–H and O–H groups in total. The van der Waals surface area contributed by atoms with Crippen LogP contribution in [0, 0.1) is 6.92 Å². The Bertz CT molecular complexity index is 485. The molecule has 90 valence electrons.